The number of fused-ring (bicyclic) bond motifs is 1. The fraction of sp³-hybridized carbons (Fsp3) is 0.308. The molecule has 1 atom stereocenters. The Morgan fingerprint density at radius 1 is 1.22 bits per heavy atom. The highest BCUT2D eigenvalue weighted by atomic mass is 32.3. The van der Waals surface area contributed by atoms with Crippen molar-refractivity contribution in [2.75, 3.05) is 0 Å². The van der Waals surface area contributed by atoms with E-state index >= 15 is 0 Å². The maximum atomic E-state index is 13.5. The van der Waals surface area contributed by atoms with E-state index in [1.165, 1.54) is 6.07 Å². The minimum atomic E-state index is -4.48. The lowest BCUT2D eigenvalue weighted by Gasteiger charge is -2.34. The monoisotopic (exact) mass is 269 g/mol. The number of thiocyanates is 1. The van der Waals surface area contributed by atoms with Crippen molar-refractivity contribution in [2.24, 2.45) is 5.92 Å². The van der Waals surface area contributed by atoms with E-state index in [1.54, 1.807) is 29.7 Å². The van der Waals surface area contributed by atoms with Crippen molar-refractivity contribution in [2.45, 2.75) is 23.2 Å². The summed E-state index contributed by atoms with van der Waals surface area (Å²) in [6, 6.07) is 6.40. The van der Waals surface area contributed by atoms with Gasteiger partial charge in [-0.05, 0) is 51.4 Å². The largest absolute Gasteiger partial charge is 0.445 e. The molecule has 1 nitrogen and oxygen atoms in total. The van der Waals surface area contributed by atoms with Gasteiger partial charge in [0.05, 0.1) is 0 Å². The summed E-state index contributed by atoms with van der Waals surface area (Å²) in [6.45, 7) is 0. The van der Waals surface area contributed by atoms with Crippen LogP contribution in [-0.2, 0) is 0 Å². The number of hydrogen-bond acceptors (Lipinski definition) is 1. The molecule has 1 unspecified atom stereocenters. The summed E-state index contributed by atoms with van der Waals surface area (Å²) in [5.41, 5.74) is -3.92. The van der Waals surface area contributed by atoms with Gasteiger partial charge in [-0.15, -0.1) is 0 Å². The first-order chi connectivity index (χ1) is 8.50. The van der Waals surface area contributed by atoms with Crippen molar-refractivity contribution in [3.05, 3.63) is 34.7 Å². The predicted molar refractivity (Wildman–Crippen MR) is 64.7 cm³/mol. The van der Waals surface area contributed by atoms with Crippen LogP contribution in [0.25, 0.3) is 6.08 Å². The molecule has 2 aliphatic rings. The summed E-state index contributed by atoms with van der Waals surface area (Å²) in [4.78, 5) is 0.487. The summed E-state index contributed by atoms with van der Waals surface area (Å²) in [6.07, 6.45) is 3.14. The van der Waals surface area contributed by atoms with Gasteiger partial charge in [0.2, 0.25) is 0 Å². The normalized spacial score (nSPS) is 30.0. The van der Waals surface area contributed by atoms with Crippen LogP contribution in [0.1, 0.15) is 18.4 Å². The van der Waals surface area contributed by atoms with Gasteiger partial charge in [-0.25, -0.2) is 0 Å². The van der Waals surface area contributed by atoms with Crippen LogP contribution in [0.5, 0.6) is 0 Å². The summed E-state index contributed by atoms with van der Waals surface area (Å²) in [5, 5.41) is 10.9. The molecule has 1 saturated carbocycles. The molecule has 0 aromatic heterocycles. The van der Waals surface area contributed by atoms with E-state index in [2.05, 4.69) is 0 Å². The number of hydrogen-bond donors (Lipinski definition) is 0. The molecule has 0 N–H and O–H groups in total. The van der Waals surface area contributed by atoms with Crippen LogP contribution in [0.15, 0.2) is 34.1 Å². The first kappa shape index (κ1) is 11.7. The van der Waals surface area contributed by atoms with Gasteiger partial charge in [-0.1, -0.05) is 18.2 Å². The molecule has 3 rings (SSSR count). The lowest BCUT2D eigenvalue weighted by molar-refractivity contribution is -0.0366. The Kier molecular flexibility index (Phi) is 2.30. The minimum Gasteiger partial charge on any atom is -0.186 e. The molecule has 1 aromatic carbocycles. The molecule has 0 bridgehead atoms. The predicted octanol–water partition coefficient (Wildman–Crippen LogP) is 4.62. The van der Waals surface area contributed by atoms with Crippen LogP contribution < -0.4 is 0 Å². The maximum Gasteiger partial charge on any atom is 0.445 e. The summed E-state index contributed by atoms with van der Waals surface area (Å²) in [5.74, 6) is -0.0475. The smallest absolute Gasteiger partial charge is 0.186 e. The molecule has 0 amide bonds. The van der Waals surface area contributed by atoms with E-state index in [9.17, 15) is 18.4 Å². The van der Waals surface area contributed by atoms with Crippen molar-refractivity contribution in [3.63, 3.8) is 0 Å². The van der Waals surface area contributed by atoms with Crippen LogP contribution in [0, 0.1) is 16.6 Å². The molecular weight excluding hydrogens is 259 g/mol. The maximum absolute atomic E-state index is 13.5. The summed E-state index contributed by atoms with van der Waals surface area (Å²) < 4.78 is 40.5. The molecule has 1 aromatic rings. The molecule has 1 aliphatic heterocycles. The van der Waals surface area contributed by atoms with Crippen molar-refractivity contribution in [1.29, 1.82) is 5.26 Å². The number of nitrogens with zero attached hydrogens (tertiary/aromatic N) is 1. The molecular formula is C13H10F3NS. The molecule has 0 saturated heterocycles. The highest BCUT2D eigenvalue weighted by molar-refractivity contribution is 8.41. The number of nitriles is 1. The lowest BCUT2D eigenvalue weighted by Crippen LogP contribution is -2.20. The quantitative estimate of drug-likeness (QED) is 0.683. The second-order valence-corrected chi connectivity index (χ2v) is 7.29. The van der Waals surface area contributed by atoms with Crippen molar-refractivity contribution < 1.29 is 13.2 Å². The molecule has 1 fully saturated rings. The first-order valence-corrected chi connectivity index (χ1v) is 7.25. The Bertz CT molecular complexity index is 581. The third-order valence-electron chi connectivity index (χ3n) is 3.36. The van der Waals surface area contributed by atoms with Crippen molar-refractivity contribution in [3.8, 4) is 5.40 Å². The molecule has 1 aliphatic carbocycles. The fourth-order valence-electron chi connectivity index (χ4n) is 2.39. The van der Waals surface area contributed by atoms with E-state index in [-0.39, 0.29) is 10.8 Å². The van der Waals surface area contributed by atoms with Crippen molar-refractivity contribution in [1.82, 2.24) is 0 Å². The number of alkyl halides is 3. The third kappa shape index (κ3) is 1.36. The standard InChI is InChI=1S/C13H10F3NS/c14-13(15,16)18(8-17)11-4-2-1-3-10(11)7-12(18)9-5-6-9/h1-4,7,9H,5-6H2. The van der Waals surface area contributed by atoms with Crippen LogP contribution >= 0.6 is 10.0 Å². The average molecular weight is 269 g/mol. The first-order valence-electron chi connectivity index (χ1n) is 5.62. The Hall–Kier alpha value is -1.41. The van der Waals surface area contributed by atoms with E-state index in [1.807, 2.05) is 0 Å². The van der Waals surface area contributed by atoms with Gasteiger partial charge in [0.1, 0.15) is 5.40 Å². The summed E-state index contributed by atoms with van der Waals surface area (Å²) in [7, 11) is -3.49. The third-order valence-corrected chi connectivity index (χ3v) is 6.52. The van der Waals surface area contributed by atoms with Gasteiger partial charge in [0, 0.05) is 4.90 Å². The zero-order valence-corrected chi connectivity index (χ0v) is 10.2. The number of benzene rings is 1. The second-order valence-electron chi connectivity index (χ2n) is 4.51. The number of halogens is 3. The fourth-order valence-corrected chi connectivity index (χ4v) is 5.28. The van der Waals surface area contributed by atoms with E-state index in [0.29, 0.717) is 10.5 Å². The zero-order chi connectivity index (χ0) is 13.0. The van der Waals surface area contributed by atoms with Crippen LogP contribution in [0.2, 0.25) is 0 Å². The van der Waals surface area contributed by atoms with E-state index < -0.39 is 15.5 Å². The van der Waals surface area contributed by atoms with E-state index in [0.717, 1.165) is 12.8 Å². The van der Waals surface area contributed by atoms with Gasteiger partial charge in [-0.3, -0.25) is 0 Å². The van der Waals surface area contributed by atoms with E-state index in [4.69, 9.17) is 0 Å². The van der Waals surface area contributed by atoms with Gasteiger partial charge >= 0.3 is 5.51 Å². The Balaban J connectivity index is 2.27. The van der Waals surface area contributed by atoms with Crippen LogP contribution in [0.4, 0.5) is 13.2 Å². The molecule has 0 radical (unpaired) electrons. The highest BCUT2D eigenvalue weighted by Gasteiger charge is 2.59. The van der Waals surface area contributed by atoms with Crippen molar-refractivity contribution >= 4 is 16.1 Å². The Morgan fingerprint density at radius 2 is 1.89 bits per heavy atom. The number of allylic oxidation sites excluding steroid dienone is 1. The lowest BCUT2D eigenvalue weighted by atomic mass is 10.2. The zero-order valence-electron chi connectivity index (χ0n) is 9.37. The van der Waals surface area contributed by atoms with Gasteiger partial charge in [0.15, 0.2) is 0 Å². The number of rotatable bonds is 1. The van der Waals surface area contributed by atoms with Crippen LogP contribution in [-0.4, -0.2) is 5.51 Å². The Labute approximate surface area is 104 Å². The highest BCUT2D eigenvalue weighted by Crippen LogP contribution is 2.78. The SMILES string of the molecule is N#CS1(C(F)(F)F)C(C2CC2)=Cc2ccccc21. The molecule has 94 valence electrons. The molecule has 1 heterocycles. The molecule has 18 heavy (non-hydrogen) atoms. The van der Waals surface area contributed by atoms with Gasteiger partial charge < -0.3 is 0 Å². The molecule has 5 heteroatoms. The van der Waals surface area contributed by atoms with Gasteiger partial charge in [-0.2, -0.15) is 18.4 Å². The second kappa shape index (κ2) is 3.55. The summed E-state index contributed by atoms with van der Waals surface area (Å²) >= 11 is 0. The Morgan fingerprint density at radius 3 is 2.44 bits per heavy atom. The van der Waals surface area contributed by atoms with Gasteiger partial charge in [0.25, 0.3) is 0 Å². The molecule has 0 spiro atoms. The topological polar surface area (TPSA) is 23.8 Å². The average Bonchev–Trinajstić information content (AvgIpc) is 3.09. The minimum absolute atomic E-state index is 0.0475. The van der Waals surface area contributed by atoms with Crippen LogP contribution in [0.3, 0.4) is 0 Å².